The summed E-state index contributed by atoms with van der Waals surface area (Å²) >= 11 is 5.94. The van der Waals surface area contributed by atoms with Gasteiger partial charge in [-0.05, 0) is 31.2 Å². The number of carbonyl (C=O) groups is 1. The molecule has 0 aliphatic heterocycles. The smallest absolute Gasteiger partial charge is 0.348 e. The fraction of sp³-hybridized carbons (Fsp3) is 0.167. The van der Waals surface area contributed by atoms with Crippen LogP contribution in [0.3, 0.4) is 0 Å². The van der Waals surface area contributed by atoms with Crippen molar-refractivity contribution >= 4 is 50.0 Å². The third-order valence-electron chi connectivity index (χ3n) is 3.66. The number of imidazole rings is 1. The molecule has 0 saturated carbocycles. The Hall–Kier alpha value is -2.28. The molecule has 0 spiro atoms. The SMILES string of the molecule is CCOC(=O)c1sc(N)c(C#N)c1CSc1nccn1-c1ccc(Br)cc1. The molecule has 1 aromatic carbocycles. The van der Waals surface area contributed by atoms with Crippen LogP contribution in [0.1, 0.15) is 27.7 Å². The highest BCUT2D eigenvalue weighted by atomic mass is 79.9. The molecule has 0 aliphatic carbocycles. The highest BCUT2D eigenvalue weighted by Gasteiger charge is 2.23. The Morgan fingerprint density at radius 1 is 1.44 bits per heavy atom. The van der Waals surface area contributed by atoms with Crippen molar-refractivity contribution in [1.82, 2.24) is 9.55 Å². The first kappa shape index (κ1) is 19.5. The Bertz CT molecular complexity index is 1010. The van der Waals surface area contributed by atoms with Crippen LogP contribution in [0.5, 0.6) is 0 Å². The van der Waals surface area contributed by atoms with Crippen molar-refractivity contribution in [3.8, 4) is 11.8 Å². The molecule has 0 fully saturated rings. The lowest BCUT2D eigenvalue weighted by Crippen LogP contribution is -2.05. The van der Waals surface area contributed by atoms with Gasteiger partial charge in [-0.3, -0.25) is 4.57 Å². The molecule has 3 rings (SSSR count). The van der Waals surface area contributed by atoms with Gasteiger partial charge in [-0.2, -0.15) is 5.26 Å². The van der Waals surface area contributed by atoms with Crippen molar-refractivity contribution in [3.05, 3.63) is 57.1 Å². The third kappa shape index (κ3) is 4.18. The molecule has 138 valence electrons. The quantitative estimate of drug-likeness (QED) is 0.424. The van der Waals surface area contributed by atoms with Gasteiger partial charge in [0.15, 0.2) is 5.16 Å². The minimum atomic E-state index is -0.456. The average Bonchev–Trinajstić information content (AvgIpc) is 3.24. The Morgan fingerprint density at radius 3 is 2.85 bits per heavy atom. The van der Waals surface area contributed by atoms with Crippen LogP contribution in [0.25, 0.3) is 5.69 Å². The van der Waals surface area contributed by atoms with Crippen molar-refractivity contribution in [2.75, 3.05) is 12.3 Å². The number of rotatable bonds is 6. The molecule has 0 amide bonds. The van der Waals surface area contributed by atoms with Gasteiger partial charge in [-0.1, -0.05) is 27.7 Å². The van der Waals surface area contributed by atoms with Gasteiger partial charge < -0.3 is 10.5 Å². The maximum atomic E-state index is 12.2. The molecule has 0 unspecified atom stereocenters. The number of nitrogens with zero attached hydrogens (tertiary/aromatic N) is 3. The van der Waals surface area contributed by atoms with Crippen LogP contribution < -0.4 is 5.73 Å². The molecule has 2 aromatic heterocycles. The minimum Gasteiger partial charge on any atom is -0.462 e. The van der Waals surface area contributed by atoms with Gasteiger partial charge in [0.05, 0.1) is 12.2 Å². The summed E-state index contributed by atoms with van der Waals surface area (Å²) in [4.78, 5) is 17.0. The van der Waals surface area contributed by atoms with Crippen LogP contribution in [0.15, 0.2) is 46.3 Å². The molecule has 9 heteroatoms. The number of thioether (sulfide) groups is 1. The van der Waals surface area contributed by atoms with Crippen LogP contribution in [0, 0.1) is 11.3 Å². The zero-order valence-corrected chi connectivity index (χ0v) is 17.5. The average molecular weight is 463 g/mol. The van der Waals surface area contributed by atoms with E-state index in [1.54, 1.807) is 13.1 Å². The number of thiophene rings is 1. The van der Waals surface area contributed by atoms with Crippen LogP contribution in [-0.4, -0.2) is 22.1 Å². The van der Waals surface area contributed by atoms with E-state index >= 15 is 0 Å². The molecule has 0 bridgehead atoms. The summed E-state index contributed by atoms with van der Waals surface area (Å²) < 4.78 is 8.03. The molecule has 6 nitrogen and oxygen atoms in total. The largest absolute Gasteiger partial charge is 0.462 e. The van der Waals surface area contributed by atoms with Gasteiger partial charge >= 0.3 is 5.97 Å². The molecule has 0 radical (unpaired) electrons. The number of nitriles is 1. The molecule has 2 heterocycles. The summed E-state index contributed by atoms with van der Waals surface area (Å²) in [5.41, 5.74) is 7.81. The van der Waals surface area contributed by atoms with Crippen molar-refractivity contribution < 1.29 is 9.53 Å². The van der Waals surface area contributed by atoms with Crippen LogP contribution in [0.2, 0.25) is 0 Å². The maximum absolute atomic E-state index is 12.2. The Labute approximate surface area is 173 Å². The molecular formula is C18H15BrN4O2S2. The summed E-state index contributed by atoms with van der Waals surface area (Å²) in [5, 5.41) is 10.5. The number of esters is 1. The van der Waals surface area contributed by atoms with Gasteiger partial charge in [0.25, 0.3) is 0 Å². The number of hydrogen-bond donors (Lipinski definition) is 1. The normalized spacial score (nSPS) is 10.6. The summed E-state index contributed by atoms with van der Waals surface area (Å²) in [6.45, 7) is 2.00. The van der Waals surface area contributed by atoms with Crippen LogP contribution in [0.4, 0.5) is 5.00 Å². The van der Waals surface area contributed by atoms with Gasteiger partial charge in [0, 0.05) is 33.9 Å². The zero-order valence-electron chi connectivity index (χ0n) is 14.3. The second kappa shape index (κ2) is 8.61. The van der Waals surface area contributed by atoms with Gasteiger partial charge in [-0.15, -0.1) is 11.3 Å². The first-order valence-electron chi connectivity index (χ1n) is 7.95. The summed E-state index contributed by atoms with van der Waals surface area (Å²) in [6.07, 6.45) is 3.58. The van der Waals surface area contributed by atoms with Crippen molar-refractivity contribution in [1.29, 1.82) is 5.26 Å². The number of hydrogen-bond acceptors (Lipinski definition) is 7. The Kier molecular flexibility index (Phi) is 6.21. The van der Waals surface area contributed by atoms with Crippen molar-refractivity contribution in [3.63, 3.8) is 0 Å². The van der Waals surface area contributed by atoms with E-state index in [9.17, 15) is 10.1 Å². The monoisotopic (exact) mass is 462 g/mol. The number of aromatic nitrogens is 2. The first-order chi connectivity index (χ1) is 13.0. The van der Waals surface area contributed by atoms with Gasteiger partial charge in [0.2, 0.25) is 0 Å². The second-order valence-electron chi connectivity index (χ2n) is 5.33. The summed E-state index contributed by atoms with van der Waals surface area (Å²) in [7, 11) is 0. The van der Waals surface area contributed by atoms with E-state index < -0.39 is 5.97 Å². The van der Waals surface area contributed by atoms with Crippen LogP contribution >= 0.6 is 39.0 Å². The van der Waals surface area contributed by atoms with E-state index in [1.165, 1.54) is 11.8 Å². The lowest BCUT2D eigenvalue weighted by molar-refractivity contribution is 0.0531. The molecule has 3 aromatic rings. The number of halogens is 1. The number of benzene rings is 1. The first-order valence-corrected chi connectivity index (χ1v) is 10.5. The molecular weight excluding hydrogens is 448 g/mol. The molecule has 2 N–H and O–H groups in total. The van der Waals surface area contributed by atoms with Gasteiger partial charge in [-0.25, -0.2) is 9.78 Å². The molecule has 0 atom stereocenters. The van der Waals surface area contributed by atoms with Crippen LogP contribution in [-0.2, 0) is 10.5 Å². The fourth-order valence-corrected chi connectivity index (χ4v) is 4.73. The second-order valence-corrected chi connectivity index (χ2v) is 8.24. The number of anilines is 1. The summed E-state index contributed by atoms with van der Waals surface area (Å²) in [6, 6.07) is 9.96. The molecule has 0 aliphatic rings. The lowest BCUT2D eigenvalue weighted by atomic mass is 10.2. The highest BCUT2D eigenvalue weighted by Crippen LogP contribution is 2.35. The summed E-state index contributed by atoms with van der Waals surface area (Å²) in [5.74, 6) is -0.0688. The van der Waals surface area contributed by atoms with E-state index in [1.807, 2.05) is 35.0 Å². The van der Waals surface area contributed by atoms with E-state index in [-0.39, 0.29) is 6.61 Å². The number of nitrogens with two attached hydrogens (primary N) is 1. The molecule has 0 saturated heterocycles. The number of carbonyl (C=O) groups excluding carboxylic acids is 1. The molecule has 27 heavy (non-hydrogen) atoms. The number of nitrogen functional groups attached to an aromatic ring is 1. The van der Waals surface area contributed by atoms with E-state index in [2.05, 4.69) is 27.0 Å². The maximum Gasteiger partial charge on any atom is 0.348 e. The zero-order chi connectivity index (χ0) is 19.4. The predicted octanol–water partition coefficient (Wildman–Crippen LogP) is 4.62. The van der Waals surface area contributed by atoms with Crippen molar-refractivity contribution in [2.45, 2.75) is 17.8 Å². The Balaban J connectivity index is 1.88. The Morgan fingerprint density at radius 2 is 2.19 bits per heavy atom. The number of ether oxygens (including phenoxy) is 1. The van der Waals surface area contributed by atoms with E-state index in [0.717, 1.165) is 26.7 Å². The lowest BCUT2D eigenvalue weighted by Gasteiger charge is -2.08. The minimum absolute atomic E-state index is 0.263. The van der Waals surface area contributed by atoms with E-state index in [4.69, 9.17) is 10.5 Å². The predicted molar refractivity (Wildman–Crippen MR) is 110 cm³/mol. The van der Waals surface area contributed by atoms with Crippen molar-refractivity contribution in [2.24, 2.45) is 0 Å². The highest BCUT2D eigenvalue weighted by molar-refractivity contribution is 9.10. The standard InChI is InChI=1S/C18H15BrN4O2S2/c1-2-25-17(24)15-14(13(9-20)16(21)27-15)10-26-18-22-7-8-23(18)12-5-3-11(19)4-6-12/h3-8H,2,10,21H2,1H3. The topological polar surface area (TPSA) is 93.9 Å². The van der Waals surface area contributed by atoms with Gasteiger partial charge in [0.1, 0.15) is 15.9 Å². The fourth-order valence-electron chi connectivity index (χ4n) is 2.44. The van der Waals surface area contributed by atoms with E-state index in [0.29, 0.717) is 26.8 Å². The third-order valence-corrected chi connectivity index (χ3v) is 6.23.